The van der Waals surface area contributed by atoms with E-state index in [0.29, 0.717) is 17.6 Å². The first-order chi connectivity index (χ1) is 15.5. The maximum atomic E-state index is 12.2. The number of pyridine rings is 1. The Morgan fingerprint density at radius 1 is 1.16 bits per heavy atom. The molecular formula is C24H26N6O2. The van der Waals surface area contributed by atoms with Crippen LogP contribution in [0.15, 0.2) is 30.6 Å². The maximum absolute atomic E-state index is 12.2. The minimum Gasteiger partial charge on any atom is -0.481 e. The lowest BCUT2D eigenvalue weighted by atomic mass is 9.61. The first-order valence-corrected chi connectivity index (χ1v) is 11.3. The van der Waals surface area contributed by atoms with E-state index in [2.05, 4.69) is 15.3 Å². The SMILES string of the molecule is Cc1[nH]c2ncccc2c1-c1nc(NC2C3CCC(CC3)C2C(=O)O)c2ccn(C)c2n1. The number of anilines is 1. The number of fused-ring (bicyclic) bond motifs is 5. The topological polar surface area (TPSA) is 109 Å². The van der Waals surface area contributed by atoms with Crippen LogP contribution in [0.5, 0.6) is 0 Å². The molecule has 32 heavy (non-hydrogen) atoms. The molecule has 2 unspecified atom stereocenters. The molecule has 0 aromatic carbocycles. The molecule has 4 aromatic rings. The number of nitrogens with zero attached hydrogens (tertiary/aromatic N) is 4. The number of carboxylic acids is 1. The van der Waals surface area contributed by atoms with Gasteiger partial charge in [0.15, 0.2) is 5.82 Å². The van der Waals surface area contributed by atoms with Crippen molar-refractivity contribution >= 4 is 33.9 Å². The van der Waals surface area contributed by atoms with Crippen LogP contribution in [0.2, 0.25) is 0 Å². The van der Waals surface area contributed by atoms with Crippen molar-refractivity contribution in [2.45, 2.75) is 38.6 Å². The number of aryl methyl sites for hydroxylation is 2. The van der Waals surface area contributed by atoms with Crippen LogP contribution in [-0.4, -0.2) is 41.6 Å². The fraction of sp³-hybridized carbons (Fsp3) is 0.417. The Hall–Kier alpha value is -3.42. The smallest absolute Gasteiger partial charge is 0.308 e. The zero-order chi connectivity index (χ0) is 22.0. The lowest BCUT2D eigenvalue weighted by Gasteiger charge is -2.47. The molecule has 0 amide bonds. The van der Waals surface area contributed by atoms with Gasteiger partial charge in [0.2, 0.25) is 0 Å². The van der Waals surface area contributed by atoms with Gasteiger partial charge in [0.25, 0.3) is 0 Å². The number of aromatic nitrogens is 5. The van der Waals surface area contributed by atoms with Crippen molar-refractivity contribution in [1.82, 2.24) is 24.5 Å². The minimum atomic E-state index is -0.700. The molecule has 164 valence electrons. The monoisotopic (exact) mass is 430 g/mol. The lowest BCUT2D eigenvalue weighted by Crippen LogP contribution is -2.51. The average molecular weight is 431 g/mol. The molecule has 4 heterocycles. The van der Waals surface area contributed by atoms with Crippen molar-refractivity contribution in [3.63, 3.8) is 0 Å². The fourth-order valence-corrected chi connectivity index (χ4v) is 5.97. The van der Waals surface area contributed by atoms with Gasteiger partial charge in [-0.15, -0.1) is 0 Å². The third-order valence-corrected chi connectivity index (χ3v) is 7.51. The van der Waals surface area contributed by atoms with Crippen LogP contribution in [0.1, 0.15) is 31.4 Å². The van der Waals surface area contributed by atoms with Crippen molar-refractivity contribution in [3.05, 3.63) is 36.3 Å². The first-order valence-electron chi connectivity index (χ1n) is 11.3. The van der Waals surface area contributed by atoms with Gasteiger partial charge in [0.1, 0.15) is 17.1 Å². The molecular weight excluding hydrogens is 404 g/mol. The zero-order valence-electron chi connectivity index (χ0n) is 18.2. The Morgan fingerprint density at radius 3 is 2.72 bits per heavy atom. The summed E-state index contributed by atoms with van der Waals surface area (Å²) in [4.78, 5) is 29.8. The molecule has 0 aliphatic heterocycles. The third-order valence-electron chi connectivity index (χ3n) is 7.51. The lowest BCUT2D eigenvalue weighted by molar-refractivity contribution is -0.148. The van der Waals surface area contributed by atoms with Gasteiger partial charge >= 0.3 is 5.97 Å². The van der Waals surface area contributed by atoms with Crippen LogP contribution >= 0.6 is 0 Å². The van der Waals surface area contributed by atoms with Crippen LogP contribution in [0.4, 0.5) is 5.82 Å². The maximum Gasteiger partial charge on any atom is 0.308 e. The summed E-state index contributed by atoms with van der Waals surface area (Å²) in [6.07, 6.45) is 7.92. The van der Waals surface area contributed by atoms with Crippen molar-refractivity contribution in [2.24, 2.45) is 24.8 Å². The molecule has 3 aliphatic rings. The predicted octanol–water partition coefficient (Wildman–Crippen LogP) is 4.12. The molecule has 0 saturated heterocycles. The second-order valence-electron chi connectivity index (χ2n) is 9.29. The van der Waals surface area contributed by atoms with E-state index in [9.17, 15) is 9.90 Å². The van der Waals surface area contributed by atoms with Crippen molar-refractivity contribution < 1.29 is 9.90 Å². The van der Waals surface area contributed by atoms with Crippen LogP contribution in [0.25, 0.3) is 33.5 Å². The number of aliphatic carboxylic acids is 1. The number of aromatic amines is 1. The molecule has 3 saturated carbocycles. The number of rotatable bonds is 4. The van der Waals surface area contributed by atoms with Gasteiger partial charge < -0.3 is 20.0 Å². The minimum absolute atomic E-state index is 0.114. The van der Waals surface area contributed by atoms with Gasteiger partial charge in [-0.1, -0.05) is 0 Å². The Balaban J connectivity index is 1.50. The summed E-state index contributed by atoms with van der Waals surface area (Å²) in [7, 11) is 1.97. The Morgan fingerprint density at radius 2 is 1.94 bits per heavy atom. The van der Waals surface area contributed by atoms with E-state index in [-0.39, 0.29) is 17.9 Å². The van der Waals surface area contributed by atoms with E-state index in [1.807, 2.05) is 42.9 Å². The predicted molar refractivity (Wildman–Crippen MR) is 122 cm³/mol. The Kier molecular flexibility index (Phi) is 4.25. The quantitative estimate of drug-likeness (QED) is 0.449. The van der Waals surface area contributed by atoms with E-state index < -0.39 is 5.97 Å². The van der Waals surface area contributed by atoms with Crippen LogP contribution in [0, 0.1) is 24.7 Å². The molecule has 0 spiro atoms. The molecule has 8 heteroatoms. The summed E-state index contributed by atoms with van der Waals surface area (Å²) >= 11 is 0. The molecule has 3 aliphatic carbocycles. The molecule has 4 aromatic heterocycles. The largest absolute Gasteiger partial charge is 0.481 e. The highest BCUT2D eigenvalue weighted by atomic mass is 16.4. The number of carbonyl (C=O) groups is 1. The van der Waals surface area contributed by atoms with Gasteiger partial charge in [-0.25, -0.2) is 15.0 Å². The van der Waals surface area contributed by atoms with Crippen molar-refractivity contribution in [3.8, 4) is 11.4 Å². The Labute approximate surface area is 185 Å². The van der Waals surface area contributed by atoms with E-state index in [1.165, 1.54) is 0 Å². The molecule has 2 bridgehead atoms. The van der Waals surface area contributed by atoms with E-state index in [0.717, 1.165) is 59.0 Å². The molecule has 7 rings (SSSR count). The van der Waals surface area contributed by atoms with Gasteiger partial charge in [0.05, 0.1) is 11.3 Å². The summed E-state index contributed by atoms with van der Waals surface area (Å²) in [6, 6.07) is 5.82. The highest BCUT2D eigenvalue weighted by Crippen LogP contribution is 2.46. The van der Waals surface area contributed by atoms with Crippen LogP contribution in [-0.2, 0) is 11.8 Å². The zero-order valence-corrected chi connectivity index (χ0v) is 18.2. The number of carboxylic acid groups (broad SMARTS) is 1. The molecule has 3 N–H and O–H groups in total. The average Bonchev–Trinajstić information content (AvgIpc) is 3.33. The summed E-state index contributed by atoms with van der Waals surface area (Å²) in [5.74, 6) is 0.855. The number of hydrogen-bond donors (Lipinski definition) is 3. The van der Waals surface area contributed by atoms with Gasteiger partial charge in [-0.2, -0.15) is 0 Å². The first kappa shape index (κ1) is 19.3. The summed E-state index contributed by atoms with van der Waals surface area (Å²) < 4.78 is 1.98. The van der Waals surface area contributed by atoms with E-state index in [1.54, 1.807) is 6.20 Å². The third kappa shape index (κ3) is 2.82. The van der Waals surface area contributed by atoms with Gasteiger partial charge in [-0.05, 0) is 62.6 Å². The Bertz CT molecular complexity index is 1350. The number of H-pyrrole nitrogens is 1. The normalized spacial score (nSPS) is 24.9. The van der Waals surface area contributed by atoms with E-state index >= 15 is 0 Å². The van der Waals surface area contributed by atoms with E-state index in [4.69, 9.17) is 9.97 Å². The molecule has 8 nitrogen and oxygen atoms in total. The summed E-state index contributed by atoms with van der Waals surface area (Å²) in [6.45, 7) is 2.00. The van der Waals surface area contributed by atoms with Gasteiger partial charge in [-0.3, -0.25) is 4.79 Å². The highest BCUT2D eigenvalue weighted by Gasteiger charge is 2.47. The summed E-state index contributed by atoms with van der Waals surface area (Å²) in [5.41, 5.74) is 3.51. The fourth-order valence-electron chi connectivity index (χ4n) is 5.97. The second-order valence-corrected chi connectivity index (χ2v) is 9.29. The molecule has 3 fully saturated rings. The number of hydrogen-bond acceptors (Lipinski definition) is 5. The molecule has 0 radical (unpaired) electrons. The van der Waals surface area contributed by atoms with Crippen molar-refractivity contribution in [1.29, 1.82) is 0 Å². The highest BCUT2D eigenvalue weighted by molar-refractivity contribution is 5.96. The second kappa shape index (κ2) is 7.05. The summed E-state index contributed by atoms with van der Waals surface area (Å²) in [5, 5.41) is 15.5. The molecule has 2 atom stereocenters. The standard InChI is InChI=1S/C24H26N6O2/c1-12-17(15-4-3-10-25-20(15)26-12)22-28-21(16-9-11-30(2)23(16)29-22)27-19-14-7-5-13(6-8-14)18(19)24(31)32/h3-4,9-11,13-14,18-19H,5-8H2,1-2H3,(H,25,26)(H,31,32)(H,27,28,29). The van der Waals surface area contributed by atoms with Crippen LogP contribution in [0.3, 0.4) is 0 Å². The van der Waals surface area contributed by atoms with Crippen LogP contribution < -0.4 is 5.32 Å². The van der Waals surface area contributed by atoms with Gasteiger partial charge in [0, 0.05) is 42.1 Å². The van der Waals surface area contributed by atoms with Crippen molar-refractivity contribution in [2.75, 3.05) is 5.32 Å². The number of nitrogens with one attached hydrogen (secondary N) is 2.